The van der Waals surface area contributed by atoms with Crippen LogP contribution < -0.4 is 5.43 Å². The number of rotatable bonds is 4. The van der Waals surface area contributed by atoms with Gasteiger partial charge in [-0.15, -0.1) is 0 Å². The van der Waals surface area contributed by atoms with Crippen LogP contribution in [0.25, 0.3) is 0 Å². The lowest BCUT2D eigenvalue weighted by atomic mass is 9.98. The van der Waals surface area contributed by atoms with Crippen LogP contribution in [0, 0.1) is 10.1 Å². The molecule has 5 atom stereocenters. The fourth-order valence-electron chi connectivity index (χ4n) is 3.74. The van der Waals surface area contributed by atoms with Crippen molar-refractivity contribution in [1.82, 2.24) is 5.43 Å². The molecule has 3 aliphatic rings. The van der Waals surface area contributed by atoms with E-state index in [-0.39, 0.29) is 5.69 Å². The normalized spacial score (nSPS) is 33.8. The Morgan fingerprint density at radius 1 is 1.03 bits per heavy atom. The molecule has 3 fully saturated rings. The number of amides is 1. The average Bonchev–Trinajstić information content (AvgIpc) is 3.15. The van der Waals surface area contributed by atoms with Crippen molar-refractivity contribution in [3.63, 3.8) is 0 Å². The molecule has 1 aromatic carbocycles. The zero-order chi connectivity index (χ0) is 21.7. The number of hydrogen-bond donors (Lipinski definition) is 1. The highest BCUT2D eigenvalue weighted by atomic mass is 16.9. The fourth-order valence-corrected chi connectivity index (χ4v) is 3.74. The third-order valence-corrected chi connectivity index (χ3v) is 4.91. The second-order valence-corrected chi connectivity index (χ2v) is 8.17. The number of carbonyl (C=O) groups is 1. The van der Waals surface area contributed by atoms with Crippen LogP contribution in [0.5, 0.6) is 0 Å². The van der Waals surface area contributed by atoms with Crippen LogP contribution in [0.4, 0.5) is 5.69 Å². The molecule has 1 amide bonds. The maximum Gasteiger partial charge on any atom is 0.272 e. The van der Waals surface area contributed by atoms with Crippen molar-refractivity contribution in [3.8, 4) is 0 Å². The zero-order valence-electron chi connectivity index (χ0n) is 16.9. The first-order valence-corrected chi connectivity index (χ1v) is 9.49. The minimum atomic E-state index is -1.02. The molecular formula is C19H23N3O8. The molecular weight excluding hydrogens is 398 g/mol. The maximum absolute atomic E-state index is 12.8. The molecule has 5 unspecified atom stereocenters. The SMILES string of the molecule is CC1(C)OC2OC(C(=O)N/N=C/c3ccc([N+](=O)[O-])cc3)C3OC(C)(C)OC3C2O1. The van der Waals surface area contributed by atoms with Crippen molar-refractivity contribution in [3.05, 3.63) is 39.9 Å². The Balaban J connectivity index is 1.45. The number of nitrogens with zero attached hydrogens (tertiary/aromatic N) is 2. The minimum absolute atomic E-state index is 0.0323. The lowest BCUT2D eigenvalue weighted by molar-refractivity contribution is -0.384. The molecule has 11 heteroatoms. The van der Waals surface area contributed by atoms with Crippen molar-refractivity contribution in [2.24, 2.45) is 5.10 Å². The van der Waals surface area contributed by atoms with Gasteiger partial charge in [0.1, 0.15) is 18.3 Å². The summed E-state index contributed by atoms with van der Waals surface area (Å²) >= 11 is 0. The van der Waals surface area contributed by atoms with Gasteiger partial charge in [0, 0.05) is 12.1 Å². The smallest absolute Gasteiger partial charge is 0.272 e. The van der Waals surface area contributed by atoms with E-state index in [0.717, 1.165) is 0 Å². The Kier molecular flexibility index (Phi) is 5.11. The van der Waals surface area contributed by atoms with E-state index >= 15 is 0 Å². The molecule has 0 spiro atoms. The second kappa shape index (κ2) is 7.36. The van der Waals surface area contributed by atoms with Crippen molar-refractivity contribution < 1.29 is 33.4 Å². The summed E-state index contributed by atoms with van der Waals surface area (Å²) in [6.07, 6.45) is -2.21. The summed E-state index contributed by atoms with van der Waals surface area (Å²) < 4.78 is 29.4. The van der Waals surface area contributed by atoms with E-state index in [9.17, 15) is 14.9 Å². The van der Waals surface area contributed by atoms with Gasteiger partial charge in [-0.1, -0.05) is 0 Å². The monoisotopic (exact) mass is 421 g/mol. The van der Waals surface area contributed by atoms with Gasteiger partial charge in [0.25, 0.3) is 11.6 Å². The molecule has 162 valence electrons. The largest absolute Gasteiger partial charge is 0.342 e. The number of hydrogen-bond acceptors (Lipinski definition) is 9. The molecule has 1 N–H and O–H groups in total. The van der Waals surface area contributed by atoms with Gasteiger partial charge in [0.15, 0.2) is 24.0 Å². The molecule has 11 nitrogen and oxygen atoms in total. The van der Waals surface area contributed by atoms with Gasteiger partial charge in [-0.25, -0.2) is 5.43 Å². The van der Waals surface area contributed by atoms with Crippen LogP contribution >= 0.6 is 0 Å². The average molecular weight is 421 g/mol. The first kappa shape index (κ1) is 20.8. The van der Waals surface area contributed by atoms with Gasteiger partial charge in [-0.3, -0.25) is 14.9 Å². The number of ether oxygens (including phenoxy) is 5. The highest BCUT2D eigenvalue weighted by Crippen LogP contribution is 2.44. The predicted octanol–water partition coefficient (Wildman–Crippen LogP) is 1.44. The minimum Gasteiger partial charge on any atom is -0.342 e. The number of non-ortho nitro benzene ring substituents is 1. The lowest BCUT2D eigenvalue weighted by Crippen LogP contribution is -2.59. The first-order chi connectivity index (χ1) is 14.0. The molecule has 0 bridgehead atoms. The number of carbonyl (C=O) groups excluding carboxylic acids is 1. The lowest BCUT2D eigenvalue weighted by Gasteiger charge is -2.36. The van der Waals surface area contributed by atoms with E-state index in [1.165, 1.54) is 30.5 Å². The Morgan fingerprint density at radius 3 is 2.30 bits per heavy atom. The first-order valence-electron chi connectivity index (χ1n) is 9.49. The van der Waals surface area contributed by atoms with Crippen LogP contribution in [0.1, 0.15) is 33.3 Å². The highest BCUT2D eigenvalue weighted by molar-refractivity contribution is 5.85. The topological polar surface area (TPSA) is 131 Å². The fraction of sp³-hybridized carbons (Fsp3) is 0.579. The van der Waals surface area contributed by atoms with Gasteiger partial charge in [0.05, 0.1) is 11.1 Å². The van der Waals surface area contributed by atoms with Crippen LogP contribution in [-0.2, 0) is 28.5 Å². The molecule has 3 heterocycles. The zero-order valence-corrected chi connectivity index (χ0v) is 16.9. The molecule has 30 heavy (non-hydrogen) atoms. The third kappa shape index (κ3) is 4.07. The Labute approximate surface area is 172 Å². The van der Waals surface area contributed by atoms with Crippen molar-refractivity contribution in [1.29, 1.82) is 0 Å². The van der Waals surface area contributed by atoms with Crippen LogP contribution in [0.2, 0.25) is 0 Å². The molecule has 4 rings (SSSR count). The Morgan fingerprint density at radius 2 is 1.63 bits per heavy atom. The highest BCUT2D eigenvalue weighted by Gasteiger charge is 2.62. The van der Waals surface area contributed by atoms with Gasteiger partial charge in [0.2, 0.25) is 0 Å². The molecule has 0 aliphatic carbocycles. The van der Waals surface area contributed by atoms with Crippen LogP contribution in [0.3, 0.4) is 0 Å². The summed E-state index contributed by atoms with van der Waals surface area (Å²) in [4.78, 5) is 23.0. The third-order valence-electron chi connectivity index (χ3n) is 4.91. The number of nitrogens with one attached hydrogen (secondary N) is 1. The standard InChI is InChI=1S/C19H23N3O8/c1-18(2)27-12-13(28-18)15-17(30-19(3,4)29-15)26-14(12)16(23)21-20-9-10-5-7-11(8-6-10)22(24)25/h5-9,12-15,17H,1-4H3,(H,21,23)/b20-9+. The molecule has 0 radical (unpaired) electrons. The summed E-state index contributed by atoms with van der Waals surface area (Å²) in [5, 5.41) is 14.6. The van der Waals surface area contributed by atoms with Crippen molar-refractivity contribution in [2.75, 3.05) is 0 Å². The van der Waals surface area contributed by atoms with Gasteiger partial charge >= 0.3 is 0 Å². The molecule has 1 aromatic rings. The van der Waals surface area contributed by atoms with Gasteiger partial charge < -0.3 is 23.7 Å². The summed E-state index contributed by atoms with van der Waals surface area (Å²) in [6.45, 7) is 7.02. The number of fused-ring (bicyclic) bond motifs is 3. The number of nitro benzene ring substituents is 1. The maximum atomic E-state index is 12.8. The van der Waals surface area contributed by atoms with E-state index in [1.807, 2.05) is 0 Å². The van der Waals surface area contributed by atoms with E-state index in [2.05, 4.69) is 10.5 Å². The van der Waals surface area contributed by atoms with Gasteiger partial charge in [-0.05, 0) is 45.4 Å². The number of nitro groups is 1. The van der Waals surface area contributed by atoms with Crippen LogP contribution in [0.15, 0.2) is 29.4 Å². The molecule has 0 aromatic heterocycles. The number of benzene rings is 1. The summed E-state index contributed by atoms with van der Waals surface area (Å²) in [5.41, 5.74) is 2.97. The second-order valence-electron chi connectivity index (χ2n) is 8.17. The Bertz CT molecular complexity index is 869. The molecule has 3 aliphatic heterocycles. The molecule has 0 saturated carbocycles. The summed E-state index contributed by atoms with van der Waals surface area (Å²) in [5.74, 6) is -2.32. The van der Waals surface area contributed by atoms with E-state index in [1.54, 1.807) is 27.7 Å². The summed E-state index contributed by atoms with van der Waals surface area (Å²) in [6, 6.07) is 5.74. The van der Waals surface area contributed by atoms with E-state index in [0.29, 0.717) is 5.56 Å². The predicted molar refractivity (Wildman–Crippen MR) is 101 cm³/mol. The van der Waals surface area contributed by atoms with Crippen LogP contribution in [-0.4, -0.2) is 59.3 Å². The Hall–Kier alpha value is -2.44. The number of hydrazone groups is 1. The quantitative estimate of drug-likeness (QED) is 0.439. The summed E-state index contributed by atoms with van der Waals surface area (Å²) in [7, 11) is 0. The van der Waals surface area contributed by atoms with E-state index in [4.69, 9.17) is 23.7 Å². The van der Waals surface area contributed by atoms with Gasteiger partial charge in [-0.2, -0.15) is 5.10 Å². The van der Waals surface area contributed by atoms with E-state index < -0.39 is 53.1 Å². The van der Waals surface area contributed by atoms with Crippen molar-refractivity contribution in [2.45, 2.75) is 70.0 Å². The van der Waals surface area contributed by atoms with Crippen molar-refractivity contribution >= 4 is 17.8 Å². The molecule has 3 saturated heterocycles.